The Bertz CT molecular complexity index is 3120. The molecule has 3 heterocycles. The van der Waals surface area contributed by atoms with Crippen molar-refractivity contribution in [2.45, 2.75) is 119 Å². The number of aryl methyl sites for hydroxylation is 2. The summed E-state index contributed by atoms with van der Waals surface area (Å²) in [5.41, 5.74) is 23.0. The zero-order valence-electron chi connectivity index (χ0n) is 41.6. The van der Waals surface area contributed by atoms with Gasteiger partial charge in [-0.2, -0.15) is 0 Å². The van der Waals surface area contributed by atoms with Crippen LogP contribution < -0.4 is 26.2 Å². The van der Waals surface area contributed by atoms with Crippen LogP contribution in [0.25, 0.3) is 28.1 Å². The highest BCUT2D eigenvalue weighted by Gasteiger charge is 2.44. The summed E-state index contributed by atoms with van der Waals surface area (Å²) in [7, 11) is 0. The standard InChI is InChI=1S/C61H65BN4/c1-38-31-42(60(9,10)11)32-39(2)54(38)57-63-50-35-43(61(12,13)14)34-49-56(50)66(57)53-37-47(64(44-21-17-15-18-22-44)45-23-19-16-20-24-45)36-52-55(53)62(49)48-33-41(59(6,7)8)27-30-51(48)65(52)46-28-25-40(26-29-46)58(3,4)5/h15-37H,1-14H3. The highest BCUT2D eigenvalue weighted by molar-refractivity contribution is 7.00. The third kappa shape index (κ3) is 7.18. The Morgan fingerprint density at radius 2 is 0.955 bits per heavy atom. The molecule has 0 fully saturated rings. The number of benzene rings is 7. The number of fused-ring (bicyclic) bond motifs is 4. The number of para-hydroxylation sites is 2. The molecule has 10 rings (SSSR count). The van der Waals surface area contributed by atoms with Crippen molar-refractivity contribution in [1.82, 2.24) is 9.55 Å². The van der Waals surface area contributed by atoms with Gasteiger partial charge in [-0.3, -0.25) is 4.57 Å². The molecule has 8 aromatic rings. The number of hydrogen-bond donors (Lipinski definition) is 0. The third-order valence-electron chi connectivity index (χ3n) is 14.2. The summed E-state index contributed by atoms with van der Waals surface area (Å²) in [6.07, 6.45) is 0. The van der Waals surface area contributed by atoms with E-state index in [2.05, 4.69) is 251 Å². The molecule has 0 amide bonds. The van der Waals surface area contributed by atoms with E-state index in [0.717, 1.165) is 34.1 Å². The smallest absolute Gasteiger partial charge is 0.252 e. The maximum atomic E-state index is 5.81. The lowest BCUT2D eigenvalue weighted by atomic mass is 9.33. The van der Waals surface area contributed by atoms with E-state index in [1.165, 1.54) is 77.9 Å². The van der Waals surface area contributed by atoms with Crippen molar-refractivity contribution in [3.63, 3.8) is 0 Å². The predicted octanol–water partition coefficient (Wildman–Crippen LogP) is 14.6. The van der Waals surface area contributed by atoms with Crippen LogP contribution in [0, 0.1) is 13.8 Å². The van der Waals surface area contributed by atoms with Crippen LogP contribution in [0.3, 0.4) is 0 Å². The van der Waals surface area contributed by atoms with Crippen LogP contribution in [-0.4, -0.2) is 16.3 Å². The van der Waals surface area contributed by atoms with Gasteiger partial charge in [0, 0.05) is 39.7 Å². The zero-order chi connectivity index (χ0) is 46.8. The Hall–Kier alpha value is -6.33. The quantitative estimate of drug-likeness (QED) is 0.161. The van der Waals surface area contributed by atoms with E-state index in [9.17, 15) is 0 Å². The summed E-state index contributed by atoms with van der Waals surface area (Å²) in [5, 5.41) is 0. The van der Waals surface area contributed by atoms with Gasteiger partial charge in [-0.1, -0.05) is 162 Å². The molecular weight excluding hydrogens is 800 g/mol. The zero-order valence-corrected chi connectivity index (χ0v) is 41.6. The van der Waals surface area contributed by atoms with Gasteiger partial charge >= 0.3 is 0 Å². The van der Waals surface area contributed by atoms with E-state index in [-0.39, 0.29) is 28.4 Å². The van der Waals surface area contributed by atoms with Crippen molar-refractivity contribution >= 4 is 68.3 Å². The number of hydrogen-bond acceptors (Lipinski definition) is 3. The number of nitrogens with zero attached hydrogens (tertiary/aromatic N) is 4. The molecule has 1 aromatic heterocycles. The van der Waals surface area contributed by atoms with Gasteiger partial charge in [-0.05, 0) is 146 Å². The van der Waals surface area contributed by atoms with Gasteiger partial charge in [0.1, 0.15) is 5.82 Å². The first-order valence-corrected chi connectivity index (χ1v) is 23.9. The lowest BCUT2D eigenvalue weighted by molar-refractivity contribution is 0.589. The first-order chi connectivity index (χ1) is 31.1. The summed E-state index contributed by atoms with van der Waals surface area (Å²) in [6, 6.07) is 52.9. The Balaban J connectivity index is 1.39. The van der Waals surface area contributed by atoms with Gasteiger partial charge in [0.25, 0.3) is 6.71 Å². The van der Waals surface area contributed by atoms with Crippen LogP contribution >= 0.6 is 0 Å². The normalized spacial score (nSPS) is 13.5. The molecular formula is C61H65BN4. The SMILES string of the molecule is Cc1cc(C(C)(C)C)cc(C)c1-c1nc2cc(C(C)(C)C)cc3c2n1-c1cc(N(c2ccccc2)c2ccccc2)cc2c1B3c1cc(C(C)(C)C)ccc1N2c1ccc(C(C)(C)C)cc1. The molecule has 0 radical (unpaired) electrons. The monoisotopic (exact) mass is 865 g/mol. The number of rotatable bonds is 5. The lowest BCUT2D eigenvalue weighted by Gasteiger charge is -2.42. The summed E-state index contributed by atoms with van der Waals surface area (Å²) in [4.78, 5) is 10.8. The van der Waals surface area contributed by atoms with Gasteiger partial charge in [-0.15, -0.1) is 0 Å². The van der Waals surface area contributed by atoms with E-state index in [1.54, 1.807) is 0 Å². The number of anilines is 6. The van der Waals surface area contributed by atoms with E-state index >= 15 is 0 Å². The second-order valence-corrected chi connectivity index (χ2v) is 23.2. The fourth-order valence-corrected chi connectivity index (χ4v) is 10.5. The second-order valence-electron chi connectivity index (χ2n) is 23.2. The summed E-state index contributed by atoms with van der Waals surface area (Å²) in [5.74, 6) is 0.992. The Kier molecular flexibility index (Phi) is 9.97. The van der Waals surface area contributed by atoms with E-state index < -0.39 is 0 Å². The molecule has 0 spiro atoms. The predicted molar refractivity (Wildman–Crippen MR) is 285 cm³/mol. The highest BCUT2D eigenvalue weighted by Crippen LogP contribution is 2.47. The first-order valence-electron chi connectivity index (χ1n) is 23.9. The molecule has 2 aliphatic heterocycles. The Labute approximate surface area is 394 Å². The minimum absolute atomic E-state index is 0.0151. The minimum Gasteiger partial charge on any atom is -0.311 e. The maximum absolute atomic E-state index is 5.81. The number of aromatic nitrogens is 2. The van der Waals surface area contributed by atoms with Crippen molar-refractivity contribution in [2.75, 3.05) is 9.80 Å². The number of imidazole rings is 1. The van der Waals surface area contributed by atoms with E-state index in [4.69, 9.17) is 4.98 Å². The summed E-state index contributed by atoms with van der Waals surface area (Å²) >= 11 is 0. The average molecular weight is 865 g/mol. The van der Waals surface area contributed by atoms with Crippen molar-refractivity contribution in [3.8, 4) is 17.1 Å². The van der Waals surface area contributed by atoms with Crippen molar-refractivity contribution in [2.24, 2.45) is 0 Å². The molecule has 0 bridgehead atoms. The van der Waals surface area contributed by atoms with Gasteiger partial charge in [0.2, 0.25) is 0 Å². The first kappa shape index (κ1) is 43.6. The molecule has 332 valence electrons. The highest BCUT2D eigenvalue weighted by atomic mass is 15.2. The molecule has 5 heteroatoms. The molecule has 0 unspecified atom stereocenters. The molecule has 66 heavy (non-hydrogen) atoms. The van der Waals surface area contributed by atoms with E-state index in [0.29, 0.717) is 0 Å². The van der Waals surface area contributed by atoms with Crippen LogP contribution in [0.4, 0.5) is 34.1 Å². The minimum atomic E-state index is -0.0980. The van der Waals surface area contributed by atoms with Gasteiger partial charge in [0.05, 0.1) is 16.7 Å². The van der Waals surface area contributed by atoms with Gasteiger partial charge in [-0.25, -0.2) is 4.98 Å². The molecule has 0 N–H and O–H groups in total. The van der Waals surface area contributed by atoms with Gasteiger partial charge in [0.15, 0.2) is 0 Å². The third-order valence-corrected chi connectivity index (χ3v) is 14.2. The fourth-order valence-electron chi connectivity index (χ4n) is 10.5. The second kappa shape index (κ2) is 15.1. The van der Waals surface area contributed by atoms with Crippen LogP contribution in [0.15, 0.2) is 140 Å². The largest absolute Gasteiger partial charge is 0.311 e. The van der Waals surface area contributed by atoms with Crippen LogP contribution in [0.1, 0.15) is 116 Å². The van der Waals surface area contributed by atoms with Crippen molar-refractivity contribution in [1.29, 1.82) is 0 Å². The molecule has 0 atom stereocenters. The van der Waals surface area contributed by atoms with Gasteiger partial charge < -0.3 is 9.80 Å². The van der Waals surface area contributed by atoms with Crippen LogP contribution in [0.5, 0.6) is 0 Å². The Morgan fingerprint density at radius 3 is 1.50 bits per heavy atom. The molecule has 0 saturated heterocycles. The summed E-state index contributed by atoms with van der Waals surface area (Å²) in [6.45, 7) is 32.4. The topological polar surface area (TPSA) is 24.3 Å². The van der Waals surface area contributed by atoms with Crippen LogP contribution in [-0.2, 0) is 21.7 Å². The Morgan fingerprint density at radius 1 is 0.455 bits per heavy atom. The molecule has 4 nitrogen and oxygen atoms in total. The fraction of sp³-hybridized carbons (Fsp3) is 0.295. The van der Waals surface area contributed by atoms with Crippen LogP contribution in [0.2, 0.25) is 0 Å². The van der Waals surface area contributed by atoms with Crippen molar-refractivity contribution < 1.29 is 0 Å². The molecule has 7 aromatic carbocycles. The average Bonchev–Trinajstić information content (AvgIpc) is 3.63. The lowest BCUT2D eigenvalue weighted by Crippen LogP contribution is -2.61. The molecule has 0 aliphatic carbocycles. The molecule has 0 saturated carbocycles. The van der Waals surface area contributed by atoms with E-state index in [1.807, 2.05) is 0 Å². The maximum Gasteiger partial charge on any atom is 0.252 e. The summed E-state index contributed by atoms with van der Waals surface area (Å²) < 4.78 is 2.55. The molecule has 2 aliphatic rings. The van der Waals surface area contributed by atoms with Crippen molar-refractivity contribution in [3.05, 3.63) is 173 Å².